The summed E-state index contributed by atoms with van der Waals surface area (Å²) in [7, 11) is 0. The maximum Gasteiger partial charge on any atom is 0.162 e. The zero-order valence-electron chi connectivity index (χ0n) is 13.2. The maximum absolute atomic E-state index is 12.2. The minimum absolute atomic E-state index is 0.136. The molecule has 1 aliphatic carbocycles. The summed E-state index contributed by atoms with van der Waals surface area (Å²) < 4.78 is 2.33. The zero-order valence-corrected chi connectivity index (χ0v) is 14.0. The number of rotatable bonds is 3. The van der Waals surface area contributed by atoms with E-state index in [1.807, 2.05) is 24.3 Å². The third-order valence-electron chi connectivity index (χ3n) is 4.76. The van der Waals surface area contributed by atoms with Crippen LogP contribution < -0.4 is 0 Å². The molecule has 3 rings (SSSR count). The van der Waals surface area contributed by atoms with Crippen molar-refractivity contribution in [3.05, 3.63) is 46.7 Å². The minimum atomic E-state index is 0.136. The lowest BCUT2D eigenvalue weighted by Crippen LogP contribution is -2.13. The molecule has 0 amide bonds. The Morgan fingerprint density at radius 3 is 2.36 bits per heavy atom. The molecule has 0 aliphatic heterocycles. The van der Waals surface area contributed by atoms with Crippen LogP contribution in [-0.4, -0.2) is 10.4 Å². The Kier molecular flexibility index (Phi) is 4.39. The first kappa shape index (κ1) is 15.4. The number of Topliss-reactive ketones (excluding diaryl/α,β-unsaturated/α-hetero) is 1. The van der Waals surface area contributed by atoms with Crippen LogP contribution in [0.3, 0.4) is 0 Å². The molecule has 0 bridgehead atoms. The van der Waals surface area contributed by atoms with E-state index in [-0.39, 0.29) is 5.78 Å². The second kappa shape index (κ2) is 6.29. The SMILES string of the molecule is CC(=O)c1c(-c2ccc(Cl)cc2)cn(C2CCCCC2)c1C. The highest BCUT2D eigenvalue weighted by Gasteiger charge is 2.23. The van der Waals surface area contributed by atoms with Crippen LogP contribution in [0.1, 0.15) is 61.1 Å². The normalized spacial score (nSPS) is 16.0. The maximum atomic E-state index is 12.2. The van der Waals surface area contributed by atoms with Crippen LogP contribution in [0.4, 0.5) is 0 Å². The fourth-order valence-corrected chi connectivity index (χ4v) is 3.78. The molecule has 116 valence electrons. The number of nitrogens with zero attached hydrogens (tertiary/aromatic N) is 1. The standard InChI is InChI=1S/C19H22ClNO/c1-13-19(14(2)22)18(15-8-10-16(20)11-9-15)12-21(13)17-6-4-3-5-7-17/h8-12,17H,3-7H2,1-2H3. The van der Waals surface area contributed by atoms with Gasteiger partial charge in [0.25, 0.3) is 0 Å². The topological polar surface area (TPSA) is 22.0 Å². The summed E-state index contributed by atoms with van der Waals surface area (Å²) in [6.45, 7) is 3.73. The molecule has 0 radical (unpaired) electrons. The van der Waals surface area contributed by atoms with Crippen molar-refractivity contribution in [2.75, 3.05) is 0 Å². The van der Waals surface area contributed by atoms with Gasteiger partial charge in [0.15, 0.2) is 5.78 Å². The Morgan fingerprint density at radius 1 is 1.14 bits per heavy atom. The predicted molar refractivity (Wildman–Crippen MR) is 91.7 cm³/mol. The van der Waals surface area contributed by atoms with Crippen molar-refractivity contribution < 1.29 is 4.79 Å². The molecule has 1 aromatic carbocycles. The number of benzene rings is 1. The van der Waals surface area contributed by atoms with Gasteiger partial charge in [-0.2, -0.15) is 0 Å². The predicted octanol–water partition coefficient (Wildman–Crippen LogP) is 5.82. The number of hydrogen-bond acceptors (Lipinski definition) is 1. The molecule has 0 unspecified atom stereocenters. The molecule has 0 saturated heterocycles. The van der Waals surface area contributed by atoms with Gasteiger partial charge in [-0.1, -0.05) is 43.0 Å². The molecular weight excluding hydrogens is 294 g/mol. The summed E-state index contributed by atoms with van der Waals surface area (Å²) in [4.78, 5) is 12.2. The fraction of sp³-hybridized carbons (Fsp3) is 0.421. The molecule has 1 saturated carbocycles. The van der Waals surface area contributed by atoms with Crippen LogP contribution in [-0.2, 0) is 0 Å². The molecular formula is C19H22ClNO. The molecule has 1 heterocycles. The highest BCUT2D eigenvalue weighted by atomic mass is 35.5. The van der Waals surface area contributed by atoms with E-state index in [0.717, 1.165) is 27.4 Å². The molecule has 3 heteroatoms. The summed E-state index contributed by atoms with van der Waals surface area (Å²) in [6.07, 6.45) is 8.51. The first-order valence-electron chi connectivity index (χ1n) is 8.06. The monoisotopic (exact) mass is 315 g/mol. The van der Waals surface area contributed by atoms with Crippen molar-refractivity contribution in [2.24, 2.45) is 0 Å². The number of aromatic nitrogens is 1. The summed E-state index contributed by atoms with van der Waals surface area (Å²) in [6, 6.07) is 8.29. The number of carbonyl (C=O) groups is 1. The minimum Gasteiger partial charge on any atom is -0.347 e. The number of ketones is 1. The molecule has 0 atom stereocenters. The van der Waals surface area contributed by atoms with Gasteiger partial charge in [-0.25, -0.2) is 0 Å². The van der Waals surface area contributed by atoms with Gasteiger partial charge in [0, 0.05) is 34.1 Å². The summed E-state index contributed by atoms with van der Waals surface area (Å²) in [5.41, 5.74) is 4.05. The highest BCUT2D eigenvalue weighted by molar-refractivity contribution is 6.30. The smallest absolute Gasteiger partial charge is 0.162 e. The number of hydrogen-bond donors (Lipinski definition) is 0. The molecule has 2 aromatic rings. The summed E-state index contributed by atoms with van der Waals surface area (Å²) in [5.74, 6) is 0.136. The molecule has 1 aliphatic rings. The van der Waals surface area contributed by atoms with Crippen LogP contribution >= 0.6 is 11.6 Å². The van der Waals surface area contributed by atoms with Crippen molar-refractivity contribution in [1.29, 1.82) is 0 Å². The van der Waals surface area contributed by atoms with Crippen LogP contribution in [0.2, 0.25) is 5.02 Å². The van der Waals surface area contributed by atoms with E-state index in [1.165, 1.54) is 32.1 Å². The van der Waals surface area contributed by atoms with Gasteiger partial charge in [-0.05, 0) is 44.4 Å². The lowest BCUT2D eigenvalue weighted by molar-refractivity contribution is 0.101. The van der Waals surface area contributed by atoms with Crippen molar-refractivity contribution in [3.8, 4) is 11.1 Å². The molecule has 22 heavy (non-hydrogen) atoms. The third kappa shape index (κ3) is 2.85. The molecule has 1 fully saturated rings. The van der Waals surface area contributed by atoms with E-state index < -0.39 is 0 Å². The van der Waals surface area contributed by atoms with Crippen molar-refractivity contribution in [2.45, 2.75) is 52.0 Å². The molecule has 0 spiro atoms. The van der Waals surface area contributed by atoms with E-state index >= 15 is 0 Å². The lowest BCUT2D eigenvalue weighted by Gasteiger charge is -2.24. The largest absolute Gasteiger partial charge is 0.347 e. The average molecular weight is 316 g/mol. The Labute approximate surface area is 137 Å². The van der Waals surface area contributed by atoms with Crippen molar-refractivity contribution >= 4 is 17.4 Å². The van der Waals surface area contributed by atoms with Gasteiger partial charge >= 0.3 is 0 Å². The molecule has 1 aromatic heterocycles. The second-order valence-corrected chi connectivity index (χ2v) is 6.70. The van der Waals surface area contributed by atoms with Crippen molar-refractivity contribution in [1.82, 2.24) is 4.57 Å². The van der Waals surface area contributed by atoms with E-state index in [1.54, 1.807) is 6.92 Å². The Morgan fingerprint density at radius 2 is 1.77 bits per heavy atom. The van der Waals surface area contributed by atoms with Gasteiger partial charge in [0.2, 0.25) is 0 Å². The van der Waals surface area contributed by atoms with Gasteiger partial charge in [0.05, 0.1) is 0 Å². The quantitative estimate of drug-likeness (QED) is 0.654. The Bertz CT molecular complexity index is 678. The van der Waals surface area contributed by atoms with Gasteiger partial charge in [-0.15, -0.1) is 0 Å². The van der Waals surface area contributed by atoms with E-state index in [0.29, 0.717) is 6.04 Å². The Balaban J connectivity index is 2.08. The second-order valence-electron chi connectivity index (χ2n) is 6.27. The third-order valence-corrected chi connectivity index (χ3v) is 5.01. The number of halogens is 1. The van der Waals surface area contributed by atoms with Crippen molar-refractivity contribution in [3.63, 3.8) is 0 Å². The Hall–Kier alpha value is -1.54. The van der Waals surface area contributed by atoms with Crippen LogP contribution in [0.25, 0.3) is 11.1 Å². The van der Waals surface area contributed by atoms with Crippen LogP contribution in [0.15, 0.2) is 30.5 Å². The van der Waals surface area contributed by atoms with Gasteiger partial charge < -0.3 is 4.57 Å². The fourth-order valence-electron chi connectivity index (χ4n) is 3.66. The zero-order chi connectivity index (χ0) is 15.7. The first-order valence-corrected chi connectivity index (χ1v) is 8.44. The van der Waals surface area contributed by atoms with Gasteiger partial charge in [0.1, 0.15) is 0 Å². The van der Waals surface area contributed by atoms with E-state index in [2.05, 4.69) is 17.7 Å². The lowest BCUT2D eigenvalue weighted by atomic mass is 9.95. The molecule has 2 nitrogen and oxygen atoms in total. The number of carbonyl (C=O) groups excluding carboxylic acids is 1. The average Bonchev–Trinajstić information content (AvgIpc) is 2.86. The van der Waals surface area contributed by atoms with Crippen LogP contribution in [0, 0.1) is 6.92 Å². The van der Waals surface area contributed by atoms with Gasteiger partial charge in [-0.3, -0.25) is 4.79 Å². The summed E-state index contributed by atoms with van der Waals surface area (Å²) >= 11 is 5.99. The van der Waals surface area contributed by atoms with E-state index in [9.17, 15) is 4.79 Å². The highest BCUT2D eigenvalue weighted by Crippen LogP contribution is 2.35. The summed E-state index contributed by atoms with van der Waals surface area (Å²) in [5, 5.41) is 0.719. The molecule has 0 N–H and O–H groups in total. The van der Waals surface area contributed by atoms with E-state index in [4.69, 9.17) is 11.6 Å². The first-order chi connectivity index (χ1) is 10.6. The van der Waals surface area contributed by atoms with Crippen LogP contribution in [0.5, 0.6) is 0 Å².